The predicted molar refractivity (Wildman–Crippen MR) is 311 cm³/mol. The fourth-order valence-corrected chi connectivity index (χ4v) is 12.1. The Bertz CT molecular complexity index is 2980. The van der Waals surface area contributed by atoms with Crippen LogP contribution in [0.5, 0.6) is 5.75 Å². The number of hydrogen-bond acceptors (Lipinski definition) is 15. The zero-order valence-corrected chi connectivity index (χ0v) is 47.1. The van der Waals surface area contributed by atoms with Crippen LogP contribution in [0.3, 0.4) is 0 Å². The standard InChI is InChI=1S/C33H49N5O6.C26H23F2N5O2.C2H6/c1-24-26(31(42)37(23-39)28-14-15-29(40)36-30(28)41)12-10-13-27(24)34-19-8-6-4-3-5-7-9-20-35-32(43)44-22-25-16-18-33(2)17-11-21-38(25)33;1-3-18-21(27)7-4-14-8-17(35)9-19(22(14)18)24-23(28)25(31-13-34)20(10-30-24)26(29-2)33-11-15-5-6-16(12-33)32-15;1-2/h10,12-13,23,25,28,34H,3-9,11,14-22H2,1-2H3,(H,35,43)(H,36,40,41);1,4,7-10,15-16,32,34-35H,2,5-6,11-13H2;1-2H3/b;26-20+,31-25+;/t25?,28?,33-;;/m0../s1. The molecule has 3 aromatic rings. The van der Waals surface area contributed by atoms with Crippen LogP contribution in [0.4, 0.5) is 19.3 Å². The van der Waals surface area contributed by atoms with Crippen molar-refractivity contribution in [1.82, 2.24) is 30.7 Å². The minimum absolute atomic E-state index is 0.0697. The number of aliphatic hydroxyl groups excluding tert-OH is 1. The molecule has 0 aliphatic carbocycles. The van der Waals surface area contributed by atoms with Crippen LogP contribution in [0.2, 0.25) is 0 Å². The van der Waals surface area contributed by atoms with Gasteiger partial charge in [-0.05, 0) is 126 Å². The van der Waals surface area contributed by atoms with E-state index in [1.54, 1.807) is 12.1 Å². The average Bonchev–Trinajstić information content (AvgIpc) is 4.17. The number of imide groups is 2. The number of nitrogens with zero attached hydrogens (tertiary/aromatic N) is 6. The monoisotopic (exact) mass is 1120 g/mol. The van der Waals surface area contributed by atoms with Crippen LogP contribution in [-0.2, 0) is 19.1 Å². The number of phenolic OH excluding ortho intramolecular Hbond substituents is 1. The number of fused-ring (bicyclic) bond motifs is 4. The summed E-state index contributed by atoms with van der Waals surface area (Å²) in [6.45, 7) is 15.5. The van der Waals surface area contributed by atoms with Gasteiger partial charge in [-0.3, -0.25) is 44.3 Å². The molecule has 0 spiro atoms. The van der Waals surface area contributed by atoms with E-state index in [2.05, 4.69) is 60.7 Å². The van der Waals surface area contributed by atoms with Crippen molar-refractivity contribution in [2.24, 2.45) is 15.0 Å². The molecule has 3 aromatic carbocycles. The lowest BCUT2D eigenvalue weighted by Crippen LogP contribution is -2.53. The number of carbonyl (C=O) groups is 5. The van der Waals surface area contributed by atoms with Gasteiger partial charge in [0.25, 0.3) is 5.91 Å². The van der Waals surface area contributed by atoms with E-state index in [1.807, 2.05) is 31.7 Å². The highest BCUT2D eigenvalue weighted by Gasteiger charge is 2.46. The van der Waals surface area contributed by atoms with E-state index in [-0.39, 0.29) is 58.2 Å². The van der Waals surface area contributed by atoms with E-state index in [0.717, 1.165) is 87.9 Å². The van der Waals surface area contributed by atoms with Gasteiger partial charge in [-0.25, -0.2) is 18.6 Å². The van der Waals surface area contributed by atoms with E-state index < -0.39 is 42.1 Å². The quantitative estimate of drug-likeness (QED) is 0.0206. The normalized spacial score (nSPS) is 23.1. The summed E-state index contributed by atoms with van der Waals surface area (Å²) in [5.74, 6) is -0.515. The molecule has 0 aromatic heterocycles. The zero-order valence-electron chi connectivity index (χ0n) is 47.1. The summed E-state index contributed by atoms with van der Waals surface area (Å²) in [4.78, 5) is 78.6. The molecule has 434 valence electrons. The highest BCUT2D eigenvalue weighted by molar-refractivity contribution is 6.29. The van der Waals surface area contributed by atoms with Crippen molar-refractivity contribution in [2.45, 2.75) is 154 Å². The maximum absolute atomic E-state index is 16.0. The highest BCUT2D eigenvalue weighted by atomic mass is 19.1. The number of allylic oxidation sites excluding steroid dienone is 2. The minimum atomic E-state index is -0.991. The summed E-state index contributed by atoms with van der Waals surface area (Å²) in [5, 5.41) is 32.5. The Morgan fingerprint density at radius 1 is 1.01 bits per heavy atom. The third-order valence-electron chi connectivity index (χ3n) is 16.1. The van der Waals surface area contributed by atoms with Crippen LogP contribution in [-0.4, -0.2) is 150 Å². The van der Waals surface area contributed by atoms with Crippen molar-refractivity contribution >= 4 is 71.0 Å². The largest absolute Gasteiger partial charge is 0.508 e. The molecule has 9 rings (SSSR count). The first-order chi connectivity index (χ1) is 39.2. The lowest BCUT2D eigenvalue weighted by molar-refractivity contribution is -0.139. The molecule has 0 radical (unpaired) electrons. The van der Waals surface area contributed by atoms with Gasteiger partial charge in [0.1, 0.15) is 48.2 Å². The van der Waals surface area contributed by atoms with E-state index in [4.69, 9.17) is 11.2 Å². The number of piperazine rings is 1. The number of aliphatic hydroxyl groups is 1. The SMILES string of the molecule is C#Cc1c(F)ccc2cc(O)cc(C3=C(F)C(=N/CO)/C(=C(\N=C)N4CC5CCC(C4)N5)C=N3)c12.CC.Cc1c(NCCCCCCCCCNC(=O)OCC2CC[C@]3(C)CCCN23)cccc1C(=O)N(C=O)C1CCC(=O)NC1=O. The number of hydrogen-bond donors (Lipinski definition) is 6. The lowest BCUT2D eigenvalue weighted by atomic mass is 9.94. The predicted octanol–water partition coefficient (Wildman–Crippen LogP) is 8.44. The van der Waals surface area contributed by atoms with Gasteiger partial charge >= 0.3 is 6.09 Å². The van der Waals surface area contributed by atoms with E-state index >= 15 is 4.39 Å². The van der Waals surface area contributed by atoms with Gasteiger partial charge in [0.15, 0.2) is 5.83 Å². The van der Waals surface area contributed by atoms with Crippen LogP contribution in [0.15, 0.2) is 74.7 Å². The van der Waals surface area contributed by atoms with Crippen molar-refractivity contribution in [3.05, 3.63) is 87.8 Å². The number of halogens is 2. The van der Waals surface area contributed by atoms with Crippen LogP contribution >= 0.6 is 0 Å². The Morgan fingerprint density at radius 2 is 1.73 bits per heavy atom. The van der Waals surface area contributed by atoms with Crippen LogP contribution in [0, 0.1) is 25.1 Å². The molecule has 2 bridgehead atoms. The third-order valence-corrected chi connectivity index (χ3v) is 16.1. The number of benzene rings is 3. The summed E-state index contributed by atoms with van der Waals surface area (Å²) in [7, 11) is 0. The van der Waals surface area contributed by atoms with Gasteiger partial charge < -0.3 is 35.8 Å². The van der Waals surface area contributed by atoms with E-state index in [1.165, 1.54) is 49.7 Å². The number of terminal acetylenes is 1. The van der Waals surface area contributed by atoms with Gasteiger partial charge in [0, 0.05) is 84.7 Å². The number of unbranched alkanes of at least 4 members (excludes halogenated alkanes) is 6. The smallest absolute Gasteiger partial charge is 0.407 e. The summed E-state index contributed by atoms with van der Waals surface area (Å²) >= 11 is 0. The van der Waals surface area contributed by atoms with Crippen LogP contribution < -0.4 is 21.3 Å². The maximum atomic E-state index is 16.0. The number of piperidine rings is 1. The molecule has 5 saturated heterocycles. The number of carbonyl (C=O) groups excluding carboxylic acids is 5. The van der Waals surface area contributed by atoms with Crippen molar-refractivity contribution in [3.8, 4) is 18.1 Å². The molecular weight excluding hydrogens is 1040 g/mol. The first kappa shape index (κ1) is 61.3. The highest BCUT2D eigenvalue weighted by Crippen LogP contribution is 2.42. The number of ether oxygens (including phenoxy) is 1. The number of likely N-dealkylation sites (tertiary alicyclic amines) is 1. The molecular formula is C61H78F2N10O8. The second kappa shape index (κ2) is 28.9. The third kappa shape index (κ3) is 14.6. The Balaban J connectivity index is 0.000000232. The molecule has 0 saturated carbocycles. The Morgan fingerprint density at radius 3 is 2.41 bits per heavy atom. The summed E-state index contributed by atoms with van der Waals surface area (Å²) < 4.78 is 36.0. The summed E-state index contributed by atoms with van der Waals surface area (Å²) in [6.07, 6.45) is 21.6. The molecule has 18 nitrogen and oxygen atoms in total. The van der Waals surface area contributed by atoms with Gasteiger partial charge in [-0.1, -0.05) is 64.0 Å². The van der Waals surface area contributed by atoms with Crippen molar-refractivity contribution < 1.29 is 47.7 Å². The van der Waals surface area contributed by atoms with Crippen molar-refractivity contribution in [2.75, 3.05) is 51.4 Å². The molecule has 6 aliphatic heterocycles. The summed E-state index contributed by atoms with van der Waals surface area (Å²) in [6, 6.07) is 10.6. The van der Waals surface area contributed by atoms with Gasteiger partial charge in [0.2, 0.25) is 18.2 Å². The molecule has 6 N–H and O–H groups in total. The second-order valence-corrected chi connectivity index (χ2v) is 21.3. The topological polar surface area (TPSA) is 230 Å². The minimum Gasteiger partial charge on any atom is -0.508 e. The molecule has 4 unspecified atom stereocenters. The first-order valence-electron chi connectivity index (χ1n) is 28.5. The van der Waals surface area contributed by atoms with Gasteiger partial charge in [-0.15, -0.1) is 6.42 Å². The number of nitrogens with one attached hydrogen (secondary N) is 4. The number of anilines is 1. The molecule has 5 fully saturated rings. The second-order valence-electron chi connectivity index (χ2n) is 21.3. The molecule has 6 heterocycles. The van der Waals surface area contributed by atoms with Gasteiger partial charge in [0.05, 0.1) is 11.1 Å². The number of phenols is 1. The lowest BCUT2D eigenvalue weighted by Gasteiger charge is -2.35. The maximum Gasteiger partial charge on any atom is 0.407 e. The molecule has 20 heteroatoms. The van der Waals surface area contributed by atoms with Gasteiger partial charge in [-0.2, -0.15) is 0 Å². The fraction of sp³-hybridized carbons (Fsp3) is 0.508. The number of alkyl carbamates (subject to hydrolysis) is 1. The number of amides is 5. The zero-order chi connectivity index (χ0) is 58.2. The number of aromatic hydroxyl groups is 1. The fourth-order valence-electron chi connectivity index (χ4n) is 12.1. The van der Waals surface area contributed by atoms with E-state index in [0.29, 0.717) is 78.6 Å². The van der Waals surface area contributed by atoms with Crippen molar-refractivity contribution in [3.63, 3.8) is 0 Å². The Labute approximate surface area is 473 Å². The molecule has 5 atom stereocenters. The molecule has 6 aliphatic rings. The average molecular weight is 1120 g/mol. The van der Waals surface area contributed by atoms with Crippen LogP contribution in [0.25, 0.3) is 16.5 Å². The first-order valence-corrected chi connectivity index (χ1v) is 28.5. The number of aliphatic imine (C=N–C) groups is 3. The van der Waals surface area contributed by atoms with Crippen LogP contribution in [0.1, 0.15) is 144 Å². The Hall–Kier alpha value is -7.34. The summed E-state index contributed by atoms with van der Waals surface area (Å²) in [5.41, 5.74) is 2.17. The Kier molecular flexibility index (Phi) is 21.9. The van der Waals surface area contributed by atoms with E-state index in [9.17, 15) is 38.6 Å². The number of rotatable bonds is 20. The molecule has 5 amide bonds. The van der Waals surface area contributed by atoms with Crippen molar-refractivity contribution in [1.29, 1.82) is 0 Å². The molecule has 81 heavy (non-hydrogen) atoms.